The molecule has 94 valence electrons. The smallest absolute Gasteiger partial charge is 0.306 e. The van der Waals surface area contributed by atoms with E-state index in [2.05, 4.69) is 0 Å². The molecule has 4 nitrogen and oxygen atoms in total. The number of carboxylic acid groups (broad SMARTS) is 1. The standard InChI is InChI=1S/C13H18O4/c1-3-8-13(16,9-12(14)15)10-4-6-11(17-2)7-5-10/h4-7,16H,3,8-9H2,1-2H3,(H,14,15). The molecule has 0 aliphatic carbocycles. The van der Waals surface area contributed by atoms with Gasteiger partial charge in [-0.1, -0.05) is 25.5 Å². The van der Waals surface area contributed by atoms with Crippen molar-refractivity contribution in [3.63, 3.8) is 0 Å². The van der Waals surface area contributed by atoms with Crippen LogP contribution in [0.25, 0.3) is 0 Å². The Labute approximate surface area is 101 Å². The summed E-state index contributed by atoms with van der Waals surface area (Å²) in [6, 6.07) is 6.85. The Hall–Kier alpha value is -1.55. The third kappa shape index (κ3) is 3.46. The first-order valence-corrected chi connectivity index (χ1v) is 5.60. The number of hydrogen-bond acceptors (Lipinski definition) is 3. The minimum Gasteiger partial charge on any atom is -0.497 e. The molecule has 0 spiro atoms. The molecule has 0 saturated heterocycles. The second kappa shape index (κ2) is 5.68. The maximum Gasteiger partial charge on any atom is 0.306 e. The van der Waals surface area contributed by atoms with Gasteiger partial charge in [-0.15, -0.1) is 0 Å². The molecule has 0 saturated carbocycles. The van der Waals surface area contributed by atoms with E-state index in [1.165, 1.54) is 0 Å². The molecule has 0 radical (unpaired) electrons. The third-order valence-electron chi connectivity index (χ3n) is 2.73. The molecule has 1 rings (SSSR count). The molecule has 0 amide bonds. The van der Waals surface area contributed by atoms with Gasteiger partial charge in [-0.25, -0.2) is 0 Å². The van der Waals surface area contributed by atoms with E-state index in [9.17, 15) is 9.90 Å². The zero-order chi connectivity index (χ0) is 12.9. The molecular formula is C13H18O4. The number of methoxy groups -OCH3 is 1. The van der Waals surface area contributed by atoms with Gasteiger partial charge >= 0.3 is 5.97 Å². The van der Waals surface area contributed by atoms with E-state index >= 15 is 0 Å². The van der Waals surface area contributed by atoms with Crippen LogP contribution in [0, 0.1) is 0 Å². The summed E-state index contributed by atoms with van der Waals surface area (Å²) in [5, 5.41) is 19.2. The Morgan fingerprint density at radius 1 is 1.35 bits per heavy atom. The van der Waals surface area contributed by atoms with E-state index in [0.717, 1.165) is 6.42 Å². The van der Waals surface area contributed by atoms with Crippen LogP contribution in [0.4, 0.5) is 0 Å². The number of aliphatic carboxylic acids is 1. The maximum atomic E-state index is 10.8. The van der Waals surface area contributed by atoms with E-state index in [1.54, 1.807) is 31.4 Å². The van der Waals surface area contributed by atoms with Crippen LogP contribution < -0.4 is 4.74 Å². The average molecular weight is 238 g/mol. The van der Waals surface area contributed by atoms with Crippen molar-refractivity contribution in [1.29, 1.82) is 0 Å². The molecule has 0 aliphatic rings. The molecule has 0 fully saturated rings. The predicted octanol–water partition coefficient (Wildman–Crippen LogP) is 2.16. The number of benzene rings is 1. The third-order valence-corrected chi connectivity index (χ3v) is 2.73. The minimum atomic E-state index is -1.30. The van der Waals surface area contributed by atoms with Crippen molar-refractivity contribution in [3.05, 3.63) is 29.8 Å². The Kier molecular flexibility index (Phi) is 4.52. The Morgan fingerprint density at radius 2 is 1.94 bits per heavy atom. The quantitative estimate of drug-likeness (QED) is 0.797. The van der Waals surface area contributed by atoms with Crippen molar-refractivity contribution < 1.29 is 19.7 Å². The van der Waals surface area contributed by atoms with E-state index in [0.29, 0.717) is 17.7 Å². The first-order valence-electron chi connectivity index (χ1n) is 5.60. The number of carboxylic acids is 1. The molecule has 1 aromatic carbocycles. The summed E-state index contributed by atoms with van der Waals surface area (Å²) in [6.07, 6.45) is 0.856. The number of ether oxygens (including phenoxy) is 1. The topological polar surface area (TPSA) is 66.8 Å². The fourth-order valence-corrected chi connectivity index (χ4v) is 1.90. The SMILES string of the molecule is CCCC(O)(CC(=O)O)c1ccc(OC)cc1. The highest BCUT2D eigenvalue weighted by Crippen LogP contribution is 2.31. The molecule has 1 unspecified atom stereocenters. The van der Waals surface area contributed by atoms with E-state index in [-0.39, 0.29) is 6.42 Å². The summed E-state index contributed by atoms with van der Waals surface area (Å²) in [6.45, 7) is 1.91. The molecule has 0 aromatic heterocycles. The van der Waals surface area contributed by atoms with Gasteiger partial charge in [0.05, 0.1) is 13.5 Å². The van der Waals surface area contributed by atoms with Gasteiger partial charge in [0.1, 0.15) is 11.4 Å². The lowest BCUT2D eigenvalue weighted by Crippen LogP contribution is -2.28. The van der Waals surface area contributed by atoms with Gasteiger partial charge in [-0.05, 0) is 24.1 Å². The molecule has 0 heterocycles. The fraction of sp³-hybridized carbons (Fsp3) is 0.462. The van der Waals surface area contributed by atoms with E-state index in [4.69, 9.17) is 9.84 Å². The van der Waals surface area contributed by atoms with E-state index < -0.39 is 11.6 Å². The van der Waals surface area contributed by atoms with Gasteiger partial charge in [0.25, 0.3) is 0 Å². The van der Waals surface area contributed by atoms with Crippen LogP contribution in [0.3, 0.4) is 0 Å². The van der Waals surface area contributed by atoms with Crippen molar-refractivity contribution in [2.45, 2.75) is 31.8 Å². The van der Waals surface area contributed by atoms with Gasteiger partial charge in [0.15, 0.2) is 0 Å². The monoisotopic (exact) mass is 238 g/mol. The molecule has 2 N–H and O–H groups in total. The van der Waals surface area contributed by atoms with Gasteiger partial charge in [0.2, 0.25) is 0 Å². The molecule has 4 heteroatoms. The number of hydrogen-bond donors (Lipinski definition) is 2. The maximum absolute atomic E-state index is 10.8. The van der Waals surface area contributed by atoms with Crippen molar-refractivity contribution in [2.24, 2.45) is 0 Å². The van der Waals surface area contributed by atoms with Crippen molar-refractivity contribution in [2.75, 3.05) is 7.11 Å². The lowest BCUT2D eigenvalue weighted by Gasteiger charge is -2.26. The van der Waals surface area contributed by atoms with Crippen molar-refractivity contribution in [1.82, 2.24) is 0 Å². The summed E-state index contributed by atoms with van der Waals surface area (Å²) in [5.74, 6) is -0.320. The van der Waals surface area contributed by atoms with Crippen LogP contribution in [0.1, 0.15) is 31.7 Å². The molecule has 1 aromatic rings. The van der Waals surface area contributed by atoms with Crippen LogP contribution in [0.15, 0.2) is 24.3 Å². The van der Waals surface area contributed by atoms with Crippen molar-refractivity contribution >= 4 is 5.97 Å². The zero-order valence-electron chi connectivity index (χ0n) is 10.1. The zero-order valence-corrected chi connectivity index (χ0v) is 10.1. The summed E-state index contributed by atoms with van der Waals surface area (Å²) >= 11 is 0. The molecular weight excluding hydrogens is 220 g/mol. The largest absolute Gasteiger partial charge is 0.497 e. The Balaban J connectivity index is 2.99. The van der Waals surface area contributed by atoms with Crippen LogP contribution in [-0.4, -0.2) is 23.3 Å². The molecule has 1 atom stereocenters. The Bertz CT molecular complexity index is 372. The first-order chi connectivity index (χ1) is 8.01. The minimum absolute atomic E-state index is 0.285. The summed E-state index contributed by atoms with van der Waals surface area (Å²) in [5.41, 5.74) is -0.685. The highest BCUT2D eigenvalue weighted by atomic mass is 16.5. The van der Waals surface area contributed by atoms with Gasteiger partial charge in [0, 0.05) is 0 Å². The van der Waals surface area contributed by atoms with Gasteiger partial charge < -0.3 is 14.9 Å². The molecule has 17 heavy (non-hydrogen) atoms. The summed E-state index contributed by atoms with van der Waals surface area (Å²) in [4.78, 5) is 10.8. The van der Waals surface area contributed by atoms with Crippen LogP contribution in [0.5, 0.6) is 5.75 Å². The normalized spacial score (nSPS) is 14.1. The van der Waals surface area contributed by atoms with Crippen LogP contribution in [0.2, 0.25) is 0 Å². The lowest BCUT2D eigenvalue weighted by molar-refractivity contribution is -0.143. The second-order valence-corrected chi connectivity index (χ2v) is 4.08. The number of aliphatic hydroxyl groups is 1. The summed E-state index contributed by atoms with van der Waals surface area (Å²) in [7, 11) is 1.56. The van der Waals surface area contributed by atoms with Crippen LogP contribution in [-0.2, 0) is 10.4 Å². The van der Waals surface area contributed by atoms with Gasteiger partial charge in [-0.3, -0.25) is 4.79 Å². The number of carbonyl (C=O) groups is 1. The second-order valence-electron chi connectivity index (χ2n) is 4.08. The Morgan fingerprint density at radius 3 is 2.35 bits per heavy atom. The predicted molar refractivity (Wildman–Crippen MR) is 64.1 cm³/mol. The van der Waals surface area contributed by atoms with Gasteiger partial charge in [-0.2, -0.15) is 0 Å². The molecule has 0 aliphatic heterocycles. The fourth-order valence-electron chi connectivity index (χ4n) is 1.90. The number of rotatable bonds is 6. The van der Waals surface area contributed by atoms with Crippen LogP contribution >= 0.6 is 0 Å². The first kappa shape index (κ1) is 13.5. The molecule has 0 bridgehead atoms. The highest BCUT2D eigenvalue weighted by molar-refractivity contribution is 5.68. The van der Waals surface area contributed by atoms with Crippen molar-refractivity contribution in [3.8, 4) is 5.75 Å². The summed E-state index contributed by atoms with van der Waals surface area (Å²) < 4.78 is 5.02. The average Bonchev–Trinajstić information content (AvgIpc) is 2.28. The van der Waals surface area contributed by atoms with E-state index in [1.807, 2.05) is 6.92 Å². The highest BCUT2D eigenvalue weighted by Gasteiger charge is 2.31. The lowest BCUT2D eigenvalue weighted by atomic mass is 9.86.